The fraction of sp³-hybridized carbons (Fsp3) is 0.476. The highest BCUT2D eigenvalue weighted by molar-refractivity contribution is 8.07. The fourth-order valence-electron chi connectivity index (χ4n) is 5.41. The van der Waals surface area contributed by atoms with Crippen LogP contribution in [-0.4, -0.2) is 104 Å². The summed E-state index contributed by atoms with van der Waals surface area (Å²) in [5.41, 5.74) is 5.69. The lowest BCUT2D eigenvalue weighted by Crippen LogP contribution is -2.38. The molecule has 3 aliphatic heterocycles. The monoisotopic (exact) mass is 705 g/mol. The number of hydrogen-bond acceptors (Lipinski definition) is 17. The number of rotatable bonds is 3. The van der Waals surface area contributed by atoms with E-state index in [4.69, 9.17) is 45.1 Å². The van der Waals surface area contributed by atoms with Crippen LogP contribution in [0.4, 0.5) is 15.9 Å². The fourth-order valence-corrected chi connectivity index (χ4v) is 7.81. The van der Waals surface area contributed by atoms with E-state index >= 15 is 4.39 Å². The number of anilines is 1. The molecule has 0 spiro atoms. The summed E-state index contributed by atoms with van der Waals surface area (Å²) in [5, 5.41) is 30.3. The Labute approximate surface area is 260 Å². The minimum atomic E-state index is -5.10. The van der Waals surface area contributed by atoms with Crippen molar-refractivity contribution in [3.8, 4) is 0 Å². The van der Waals surface area contributed by atoms with Crippen LogP contribution in [0, 0.1) is 10.1 Å². The van der Waals surface area contributed by atoms with Gasteiger partial charge in [-0.2, -0.15) is 0 Å². The zero-order valence-corrected chi connectivity index (χ0v) is 25.4. The maximum atomic E-state index is 15.9. The van der Waals surface area contributed by atoms with Crippen molar-refractivity contribution >= 4 is 60.1 Å². The molecule has 3 aliphatic rings. The minimum Gasteiger partial charge on any atom is -0.385 e. The third-order valence-electron chi connectivity index (χ3n) is 7.47. The number of non-ortho nitro benzene ring substituents is 1. The maximum absolute atomic E-state index is 15.9. The Morgan fingerprint density at radius 2 is 1.80 bits per heavy atom. The van der Waals surface area contributed by atoms with Gasteiger partial charge in [0.15, 0.2) is 35.6 Å². The minimum absolute atomic E-state index is 0.0186. The third kappa shape index (κ3) is 5.47. The van der Waals surface area contributed by atoms with E-state index < -0.39 is 81.8 Å². The predicted molar refractivity (Wildman–Crippen MR) is 151 cm³/mol. The molecule has 3 fully saturated rings. The standard InChI is InChI=1S/C21H22FN9O12P2S/c22-12-16-10(40-20(12)29-7-26-14-18(23)24-6-25-19(14)29)5-39-45(37,46)43-17-11(4-38-44(35,36)42-16)41-21(15(17)32)30-8-2-1-3-9(31(33)34)13(8)27-28-30/h1-3,6-7,10-12,15-17,20-21,32H,4-5H2,(H,35,36)(H,37,46)(H2,23,24,25)/t10-,11-,12-,15-,16?,17-,20-,21-,45?/m1/s1. The molecule has 5 N–H and O–H groups in total. The largest absolute Gasteiger partial charge is 0.472 e. The number of nitrogens with zero attached hydrogens (tertiary/aromatic N) is 8. The summed E-state index contributed by atoms with van der Waals surface area (Å²) < 4.78 is 64.1. The number of nitro benzene ring substituents is 1. The molecular weight excluding hydrogens is 683 g/mol. The van der Waals surface area contributed by atoms with Crippen molar-refractivity contribution in [2.24, 2.45) is 0 Å². The maximum Gasteiger partial charge on any atom is 0.472 e. The van der Waals surface area contributed by atoms with Crippen LogP contribution in [0.1, 0.15) is 12.5 Å². The second kappa shape index (κ2) is 11.5. The molecule has 25 heteroatoms. The molecule has 3 aromatic heterocycles. The Morgan fingerprint density at radius 1 is 1.07 bits per heavy atom. The predicted octanol–water partition coefficient (Wildman–Crippen LogP) is 0.390. The number of benzene rings is 1. The average molecular weight is 705 g/mol. The first kappa shape index (κ1) is 31.4. The summed E-state index contributed by atoms with van der Waals surface area (Å²) in [6.07, 6.45) is -10.7. The first-order valence-corrected chi connectivity index (χ1v) is 17.3. The number of ether oxygens (including phenoxy) is 2. The molecule has 6 heterocycles. The van der Waals surface area contributed by atoms with Gasteiger partial charge < -0.3 is 34.6 Å². The Balaban J connectivity index is 1.16. The topological polar surface area (TPSA) is 277 Å². The van der Waals surface area contributed by atoms with Gasteiger partial charge in [0.25, 0.3) is 5.69 Å². The highest BCUT2D eigenvalue weighted by Gasteiger charge is 2.54. The molecule has 3 unspecified atom stereocenters. The summed E-state index contributed by atoms with van der Waals surface area (Å²) in [6, 6.07) is 4.01. The lowest BCUT2D eigenvalue weighted by Gasteiger charge is -2.29. The first-order chi connectivity index (χ1) is 21.8. The number of fused-ring (bicyclic) bond motifs is 4. The zero-order chi connectivity index (χ0) is 32.5. The molecule has 21 nitrogen and oxygen atoms in total. The Morgan fingerprint density at radius 3 is 2.59 bits per heavy atom. The van der Waals surface area contributed by atoms with Gasteiger partial charge in [0.05, 0.1) is 30.0 Å². The van der Waals surface area contributed by atoms with E-state index in [9.17, 15) is 29.6 Å². The van der Waals surface area contributed by atoms with E-state index in [1.807, 2.05) is 0 Å². The summed E-state index contributed by atoms with van der Waals surface area (Å²) in [7, 11) is -5.10. The number of hydrogen-bond donors (Lipinski definition) is 4. The number of halogens is 1. The van der Waals surface area contributed by atoms with Gasteiger partial charge in [-0.25, -0.2) is 28.6 Å². The number of imidazole rings is 1. The molecule has 1 aromatic carbocycles. The van der Waals surface area contributed by atoms with Crippen LogP contribution < -0.4 is 5.73 Å². The van der Waals surface area contributed by atoms with Crippen molar-refractivity contribution in [3.63, 3.8) is 0 Å². The van der Waals surface area contributed by atoms with Crippen molar-refractivity contribution in [2.45, 2.75) is 49.1 Å². The van der Waals surface area contributed by atoms with Gasteiger partial charge in [-0.05, 0) is 17.9 Å². The van der Waals surface area contributed by atoms with Crippen LogP contribution in [0.25, 0.3) is 22.2 Å². The molecule has 246 valence electrons. The van der Waals surface area contributed by atoms with Crippen molar-refractivity contribution in [1.82, 2.24) is 34.5 Å². The van der Waals surface area contributed by atoms with Crippen molar-refractivity contribution in [3.05, 3.63) is 41.0 Å². The molecule has 4 aromatic rings. The number of nitro groups is 1. The van der Waals surface area contributed by atoms with E-state index in [1.54, 1.807) is 0 Å². The van der Waals surface area contributed by atoms with Gasteiger partial charge in [0.2, 0.25) is 0 Å². The second-order valence-corrected chi connectivity index (χ2v) is 14.4. The number of nitrogens with two attached hydrogens (primary N) is 1. The number of nitrogen functional groups attached to an aromatic ring is 1. The van der Waals surface area contributed by atoms with E-state index in [-0.39, 0.29) is 33.7 Å². The highest BCUT2D eigenvalue weighted by atomic mass is 32.5. The SMILES string of the molecule is Nc1ncnc2c1ncn2[C@@H]1O[C@@H]2COP(O)(=S)O[C@H]3[C@@H](O)[C@H](n4nnc5c([N+](=O)[O-])cccc54)O[C@@H]3COP(=O)(O)OC2[C@H]1F. The van der Waals surface area contributed by atoms with E-state index in [1.165, 1.54) is 29.1 Å². The Hall–Kier alpha value is -3.18. The van der Waals surface area contributed by atoms with Crippen LogP contribution in [0.5, 0.6) is 0 Å². The van der Waals surface area contributed by atoms with Gasteiger partial charge in [0, 0.05) is 6.07 Å². The van der Waals surface area contributed by atoms with Crippen molar-refractivity contribution in [2.75, 3.05) is 18.9 Å². The van der Waals surface area contributed by atoms with Crippen molar-refractivity contribution in [1.29, 1.82) is 0 Å². The van der Waals surface area contributed by atoms with E-state index in [0.29, 0.717) is 0 Å². The lowest BCUT2D eigenvalue weighted by molar-refractivity contribution is -0.383. The quantitative estimate of drug-likeness (QED) is 0.127. The molecule has 0 saturated carbocycles. The molecule has 7 rings (SSSR count). The molecule has 0 aliphatic carbocycles. The summed E-state index contributed by atoms with van der Waals surface area (Å²) in [6.45, 7) is -5.80. The number of phosphoric ester groups is 1. The molecule has 0 radical (unpaired) electrons. The smallest absolute Gasteiger partial charge is 0.385 e. The van der Waals surface area contributed by atoms with Crippen LogP contribution in [0.3, 0.4) is 0 Å². The summed E-state index contributed by atoms with van der Waals surface area (Å²) >= 11 is 5.15. The Kier molecular flexibility index (Phi) is 7.86. The second-order valence-electron chi connectivity index (χ2n) is 10.3. The molecule has 46 heavy (non-hydrogen) atoms. The molecule has 10 atom stereocenters. The third-order valence-corrected chi connectivity index (χ3v) is 10.0. The Bertz CT molecular complexity index is 1940. The van der Waals surface area contributed by atoms with Crippen LogP contribution in [0.15, 0.2) is 30.9 Å². The van der Waals surface area contributed by atoms with Gasteiger partial charge in [-0.3, -0.25) is 28.3 Å². The molecule has 0 bridgehead atoms. The van der Waals surface area contributed by atoms with E-state index in [0.717, 1.165) is 11.0 Å². The van der Waals surface area contributed by atoms with Crippen LogP contribution >= 0.6 is 14.5 Å². The molecule has 3 saturated heterocycles. The number of phosphoric acid groups is 1. The van der Waals surface area contributed by atoms with E-state index in [2.05, 4.69) is 25.3 Å². The van der Waals surface area contributed by atoms with Gasteiger partial charge >= 0.3 is 14.5 Å². The first-order valence-electron chi connectivity index (χ1n) is 13.2. The lowest BCUT2D eigenvalue weighted by atomic mass is 10.1. The van der Waals surface area contributed by atoms with Crippen LogP contribution in [0.2, 0.25) is 0 Å². The van der Waals surface area contributed by atoms with Crippen LogP contribution in [-0.2, 0) is 43.9 Å². The molecular formula is C21H22FN9O12P2S. The molecule has 0 amide bonds. The van der Waals surface area contributed by atoms with Gasteiger partial charge in [-0.15, -0.1) is 5.10 Å². The summed E-state index contributed by atoms with van der Waals surface area (Å²) in [4.78, 5) is 44.2. The highest BCUT2D eigenvalue weighted by Crippen LogP contribution is 2.54. The van der Waals surface area contributed by atoms with Gasteiger partial charge in [-0.1, -0.05) is 11.3 Å². The number of aliphatic hydroxyl groups excluding tert-OH is 1. The zero-order valence-electron chi connectivity index (χ0n) is 22.8. The average Bonchev–Trinajstić information content (AvgIpc) is 3.76. The summed E-state index contributed by atoms with van der Waals surface area (Å²) in [5.74, 6) is 0.0186. The normalized spacial score (nSPS) is 37.0. The van der Waals surface area contributed by atoms with Gasteiger partial charge in [0.1, 0.15) is 42.4 Å². The van der Waals surface area contributed by atoms with Crippen molar-refractivity contribution < 1.29 is 56.3 Å². The number of alkyl halides is 1. The number of aliphatic hydroxyl groups is 1. The number of aromatic nitrogens is 7.